The summed E-state index contributed by atoms with van der Waals surface area (Å²) >= 11 is 0. The van der Waals surface area contributed by atoms with Crippen LogP contribution in [0.4, 0.5) is 0 Å². The number of rotatable bonds is 5. The van der Waals surface area contributed by atoms with Crippen LogP contribution in [0.5, 0.6) is 5.75 Å². The van der Waals surface area contributed by atoms with E-state index in [9.17, 15) is 4.79 Å². The lowest BCUT2D eigenvalue weighted by Crippen LogP contribution is -2.48. The number of hydrogen-bond donors (Lipinski definition) is 2. The van der Waals surface area contributed by atoms with E-state index in [1.54, 1.807) is 0 Å². The van der Waals surface area contributed by atoms with E-state index in [1.807, 2.05) is 57.2 Å². The summed E-state index contributed by atoms with van der Waals surface area (Å²) in [4.78, 5) is 12.6. The Bertz CT molecular complexity index is 725. The summed E-state index contributed by atoms with van der Waals surface area (Å²) in [5, 5.41) is 6.45. The summed E-state index contributed by atoms with van der Waals surface area (Å²) < 4.78 is 5.66. The summed E-state index contributed by atoms with van der Waals surface area (Å²) in [5.41, 5.74) is 3.60. The first kappa shape index (κ1) is 17.5. The molecule has 132 valence electrons. The normalized spacial score (nSPS) is 17.7. The van der Waals surface area contributed by atoms with Crippen molar-refractivity contribution in [1.82, 2.24) is 10.6 Å². The molecule has 2 unspecified atom stereocenters. The number of nitrogens with one attached hydrogen (secondary N) is 2. The van der Waals surface area contributed by atoms with Crippen LogP contribution in [-0.2, 0) is 17.8 Å². The van der Waals surface area contributed by atoms with Gasteiger partial charge in [0, 0.05) is 6.54 Å². The van der Waals surface area contributed by atoms with E-state index in [4.69, 9.17) is 4.74 Å². The Labute approximate surface area is 149 Å². The molecule has 0 fully saturated rings. The van der Waals surface area contributed by atoms with Gasteiger partial charge in [-0.25, -0.2) is 0 Å². The Kier molecular flexibility index (Phi) is 5.39. The van der Waals surface area contributed by atoms with Gasteiger partial charge in [-0.15, -0.1) is 0 Å². The van der Waals surface area contributed by atoms with Crippen LogP contribution in [0.3, 0.4) is 0 Å². The molecule has 0 saturated heterocycles. The Balaban J connectivity index is 1.59. The van der Waals surface area contributed by atoms with Gasteiger partial charge in [0.1, 0.15) is 5.75 Å². The molecular weight excluding hydrogens is 312 g/mol. The predicted octanol–water partition coefficient (Wildman–Crippen LogP) is 3.37. The zero-order valence-electron chi connectivity index (χ0n) is 15.1. The quantitative estimate of drug-likeness (QED) is 0.879. The van der Waals surface area contributed by atoms with Crippen molar-refractivity contribution in [1.29, 1.82) is 0 Å². The highest BCUT2D eigenvalue weighted by atomic mass is 16.5. The molecule has 0 aliphatic carbocycles. The summed E-state index contributed by atoms with van der Waals surface area (Å²) in [6.45, 7) is 6.76. The topological polar surface area (TPSA) is 50.4 Å². The number of benzene rings is 2. The summed E-state index contributed by atoms with van der Waals surface area (Å²) in [6, 6.07) is 16.0. The summed E-state index contributed by atoms with van der Waals surface area (Å²) in [7, 11) is 0. The van der Waals surface area contributed by atoms with Crippen molar-refractivity contribution in [2.24, 2.45) is 0 Å². The van der Waals surface area contributed by atoms with Gasteiger partial charge in [0.25, 0.3) is 0 Å². The van der Waals surface area contributed by atoms with Crippen LogP contribution in [0.15, 0.2) is 48.5 Å². The lowest BCUT2D eigenvalue weighted by atomic mass is 9.95. The van der Waals surface area contributed by atoms with Crippen LogP contribution >= 0.6 is 0 Å². The first-order valence-corrected chi connectivity index (χ1v) is 8.90. The SMILES string of the molecule is CC(C)Oc1ccc(C(C)NC(=O)C2Cc3ccccc3CN2)cc1. The Hall–Kier alpha value is -2.33. The van der Waals surface area contributed by atoms with E-state index < -0.39 is 0 Å². The second-order valence-corrected chi connectivity index (χ2v) is 6.87. The third-order valence-electron chi connectivity index (χ3n) is 4.51. The van der Waals surface area contributed by atoms with Crippen LogP contribution in [0.1, 0.15) is 43.5 Å². The fraction of sp³-hybridized carbons (Fsp3) is 0.381. The molecule has 1 amide bonds. The van der Waals surface area contributed by atoms with Crippen molar-refractivity contribution in [3.63, 3.8) is 0 Å². The second-order valence-electron chi connectivity index (χ2n) is 6.87. The number of fused-ring (bicyclic) bond motifs is 1. The van der Waals surface area contributed by atoms with Gasteiger partial charge in [0.15, 0.2) is 0 Å². The zero-order valence-corrected chi connectivity index (χ0v) is 15.1. The number of carbonyl (C=O) groups is 1. The van der Waals surface area contributed by atoms with E-state index in [0.717, 1.165) is 24.3 Å². The third kappa shape index (κ3) is 4.40. The molecule has 25 heavy (non-hydrogen) atoms. The average Bonchev–Trinajstić information content (AvgIpc) is 2.61. The van der Waals surface area contributed by atoms with Crippen LogP contribution < -0.4 is 15.4 Å². The molecule has 0 spiro atoms. The van der Waals surface area contributed by atoms with Gasteiger partial charge in [-0.3, -0.25) is 4.79 Å². The van der Waals surface area contributed by atoms with Crippen LogP contribution in [0.25, 0.3) is 0 Å². The Morgan fingerprint density at radius 2 is 1.76 bits per heavy atom. The second kappa shape index (κ2) is 7.70. The van der Waals surface area contributed by atoms with Crippen LogP contribution in [0, 0.1) is 0 Å². The van der Waals surface area contributed by atoms with Crippen molar-refractivity contribution < 1.29 is 9.53 Å². The fourth-order valence-corrected chi connectivity index (χ4v) is 3.14. The Morgan fingerprint density at radius 3 is 2.44 bits per heavy atom. The molecule has 1 aliphatic rings. The number of ether oxygens (including phenoxy) is 1. The molecule has 2 aromatic carbocycles. The van der Waals surface area contributed by atoms with E-state index >= 15 is 0 Å². The summed E-state index contributed by atoms with van der Waals surface area (Å²) in [6.07, 6.45) is 0.888. The molecule has 0 aromatic heterocycles. The first-order valence-electron chi connectivity index (χ1n) is 8.90. The fourth-order valence-electron chi connectivity index (χ4n) is 3.14. The van der Waals surface area contributed by atoms with Gasteiger partial charge < -0.3 is 15.4 Å². The van der Waals surface area contributed by atoms with Gasteiger partial charge in [-0.05, 0) is 56.0 Å². The van der Waals surface area contributed by atoms with Crippen molar-refractivity contribution in [3.8, 4) is 5.75 Å². The van der Waals surface area contributed by atoms with Crippen LogP contribution in [0.2, 0.25) is 0 Å². The van der Waals surface area contributed by atoms with E-state index in [0.29, 0.717) is 0 Å². The highest BCUT2D eigenvalue weighted by molar-refractivity contribution is 5.82. The average molecular weight is 338 g/mol. The molecule has 1 aliphatic heterocycles. The van der Waals surface area contributed by atoms with E-state index in [2.05, 4.69) is 22.8 Å². The lowest BCUT2D eigenvalue weighted by Gasteiger charge is -2.27. The van der Waals surface area contributed by atoms with Gasteiger partial charge in [0.05, 0.1) is 18.2 Å². The van der Waals surface area contributed by atoms with Crippen molar-refractivity contribution in [2.45, 2.75) is 51.9 Å². The Morgan fingerprint density at radius 1 is 1.08 bits per heavy atom. The molecule has 1 heterocycles. The van der Waals surface area contributed by atoms with Gasteiger partial charge in [0.2, 0.25) is 5.91 Å². The smallest absolute Gasteiger partial charge is 0.237 e. The predicted molar refractivity (Wildman–Crippen MR) is 99.5 cm³/mol. The van der Waals surface area contributed by atoms with Gasteiger partial charge >= 0.3 is 0 Å². The molecule has 2 aromatic rings. The van der Waals surface area contributed by atoms with E-state index in [-0.39, 0.29) is 24.1 Å². The monoisotopic (exact) mass is 338 g/mol. The molecular formula is C21H26N2O2. The maximum atomic E-state index is 12.6. The minimum atomic E-state index is -0.180. The maximum absolute atomic E-state index is 12.6. The van der Waals surface area contributed by atoms with Crippen molar-refractivity contribution in [2.75, 3.05) is 0 Å². The molecule has 2 N–H and O–H groups in total. The largest absolute Gasteiger partial charge is 0.491 e. The number of hydrogen-bond acceptors (Lipinski definition) is 3. The molecule has 0 bridgehead atoms. The molecule has 3 rings (SSSR count). The molecule has 2 atom stereocenters. The number of carbonyl (C=O) groups excluding carboxylic acids is 1. The van der Waals surface area contributed by atoms with Crippen molar-refractivity contribution >= 4 is 5.91 Å². The van der Waals surface area contributed by atoms with E-state index in [1.165, 1.54) is 11.1 Å². The molecule has 0 radical (unpaired) electrons. The van der Waals surface area contributed by atoms with Gasteiger partial charge in [-0.1, -0.05) is 36.4 Å². The molecule has 0 saturated carbocycles. The number of amides is 1. The molecule has 4 nitrogen and oxygen atoms in total. The molecule has 4 heteroatoms. The highest BCUT2D eigenvalue weighted by Crippen LogP contribution is 2.20. The minimum Gasteiger partial charge on any atom is -0.491 e. The van der Waals surface area contributed by atoms with Gasteiger partial charge in [-0.2, -0.15) is 0 Å². The first-order chi connectivity index (χ1) is 12.0. The highest BCUT2D eigenvalue weighted by Gasteiger charge is 2.24. The van der Waals surface area contributed by atoms with Crippen molar-refractivity contribution in [3.05, 3.63) is 65.2 Å². The van der Waals surface area contributed by atoms with Crippen LogP contribution in [-0.4, -0.2) is 18.1 Å². The lowest BCUT2D eigenvalue weighted by molar-refractivity contribution is -0.124. The maximum Gasteiger partial charge on any atom is 0.237 e. The standard InChI is InChI=1S/C21H26N2O2/c1-14(2)25-19-10-8-16(9-11-19)15(3)23-21(24)20-12-17-6-4-5-7-18(17)13-22-20/h4-11,14-15,20,22H,12-13H2,1-3H3,(H,23,24). The third-order valence-corrected chi connectivity index (χ3v) is 4.51. The minimum absolute atomic E-state index is 0.0421. The zero-order chi connectivity index (χ0) is 17.8. The summed E-state index contributed by atoms with van der Waals surface area (Å²) in [5.74, 6) is 0.896.